The molecule has 0 spiro atoms. The zero-order valence-corrected chi connectivity index (χ0v) is 13.2. The summed E-state index contributed by atoms with van der Waals surface area (Å²) in [6.45, 7) is 5.65. The molecule has 2 amide bonds. The average molecular weight is 308 g/mol. The minimum Gasteiger partial charge on any atom is -0.326 e. The quantitative estimate of drug-likeness (QED) is 0.831. The third kappa shape index (κ3) is 4.81. The van der Waals surface area contributed by atoms with E-state index in [1.807, 2.05) is 42.5 Å². The Morgan fingerprint density at radius 1 is 1.09 bits per heavy atom. The number of benzene rings is 2. The molecule has 0 aromatic heterocycles. The first-order valence-electron chi connectivity index (χ1n) is 7.43. The molecule has 0 bridgehead atoms. The Hall–Kier alpha value is -2.88. The SMILES string of the molecule is C=CCN(C(=O)Cc1ccc(NC(C)=O)cc1)c1ccccc1. The molecular weight excluding hydrogens is 288 g/mol. The molecule has 0 aliphatic carbocycles. The second kappa shape index (κ2) is 7.94. The highest BCUT2D eigenvalue weighted by molar-refractivity contribution is 5.95. The molecule has 0 atom stereocenters. The van der Waals surface area contributed by atoms with Gasteiger partial charge in [0.1, 0.15) is 0 Å². The maximum absolute atomic E-state index is 12.6. The van der Waals surface area contributed by atoms with E-state index < -0.39 is 0 Å². The number of nitrogens with one attached hydrogen (secondary N) is 1. The lowest BCUT2D eigenvalue weighted by Crippen LogP contribution is -2.32. The molecule has 0 unspecified atom stereocenters. The molecular formula is C19H20N2O2. The summed E-state index contributed by atoms with van der Waals surface area (Å²) in [7, 11) is 0. The van der Waals surface area contributed by atoms with E-state index in [-0.39, 0.29) is 11.8 Å². The monoisotopic (exact) mass is 308 g/mol. The van der Waals surface area contributed by atoms with E-state index in [2.05, 4.69) is 11.9 Å². The van der Waals surface area contributed by atoms with Gasteiger partial charge in [-0.3, -0.25) is 9.59 Å². The lowest BCUT2D eigenvalue weighted by atomic mass is 10.1. The van der Waals surface area contributed by atoms with Crippen LogP contribution in [-0.4, -0.2) is 18.4 Å². The molecule has 0 saturated carbocycles. The second-order valence-electron chi connectivity index (χ2n) is 5.18. The third-order valence-electron chi connectivity index (χ3n) is 3.31. The number of carbonyl (C=O) groups excluding carboxylic acids is 2. The van der Waals surface area contributed by atoms with E-state index in [9.17, 15) is 9.59 Å². The van der Waals surface area contributed by atoms with Gasteiger partial charge in [0.25, 0.3) is 0 Å². The molecule has 0 radical (unpaired) electrons. The van der Waals surface area contributed by atoms with E-state index in [4.69, 9.17) is 0 Å². The lowest BCUT2D eigenvalue weighted by Gasteiger charge is -2.21. The van der Waals surface area contributed by atoms with Crippen molar-refractivity contribution in [2.24, 2.45) is 0 Å². The molecule has 2 aromatic rings. The first-order chi connectivity index (χ1) is 11.1. The van der Waals surface area contributed by atoms with Gasteiger partial charge in [0, 0.05) is 24.8 Å². The summed E-state index contributed by atoms with van der Waals surface area (Å²) in [5.74, 6) is -0.113. The van der Waals surface area contributed by atoms with Gasteiger partial charge in [-0.15, -0.1) is 6.58 Å². The van der Waals surface area contributed by atoms with Gasteiger partial charge in [-0.1, -0.05) is 36.4 Å². The largest absolute Gasteiger partial charge is 0.326 e. The molecule has 4 heteroatoms. The molecule has 2 rings (SSSR count). The maximum Gasteiger partial charge on any atom is 0.231 e. The molecule has 1 N–H and O–H groups in total. The molecule has 0 fully saturated rings. The zero-order chi connectivity index (χ0) is 16.7. The highest BCUT2D eigenvalue weighted by Gasteiger charge is 2.14. The van der Waals surface area contributed by atoms with E-state index in [0.717, 1.165) is 16.9 Å². The summed E-state index contributed by atoms with van der Waals surface area (Å²) >= 11 is 0. The third-order valence-corrected chi connectivity index (χ3v) is 3.31. The van der Waals surface area contributed by atoms with E-state index in [1.165, 1.54) is 6.92 Å². The van der Waals surface area contributed by atoms with Crippen LogP contribution in [0.5, 0.6) is 0 Å². The van der Waals surface area contributed by atoms with Crippen molar-refractivity contribution in [2.45, 2.75) is 13.3 Å². The van der Waals surface area contributed by atoms with Crippen LogP contribution < -0.4 is 10.2 Å². The summed E-state index contributed by atoms with van der Waals surface area (Å²) in [5, 5.41) is 2.71. The van der Waals surface area contributed by atoms with Crippen molar-refractivity contribution < 1.29 is 9.59 Å². The molecule has 0 heterocycles. The number of rotatable bonds is 6. The van der Waals surface area contributed by atoms with Gasteiger partial charge >= 0.3 is 0 Å². The highest BCUT2D eigenvalue weighted by Crippen LogP contribution is 2.16. The average Bonchev–Trinajstić information content (AvgIpc) is 2.54. The van der Waals surface area contributed by atoms with Crippen LogP contribution >= 0.6 is 0 Å². The zero-order valence-electron chi connectivity index (χ0n) is 13.2. The minimum atomic E-state index is -0.116. The predicted molar refractivity (Wildman–Crippen MR) is 93.4 cm³/mol. The Labute approximate surface area is 136 Å². The Morgan fingerprint density at radius 3 is 2.30 bits per heavy atom. The number of anilines is 2. The van der Waals surface area contributed by atoms with Gasteiger partial charge in [0.2, 0.25) is 11.8 Å². The first kappa shape index (κ1) is 16.5. The van der Waals surface area contributed by atoms with Crippen LogP contribution in [-0.2, 0) is 16.0 Å². The van der Waals surface area contributed by atoms with Crippen molar-refractivity contribution >= 4 is 23.2 Å². The summed E-state index contributed by atoms with van der Waals surface area (Å²) in [6, 6.07) is 16.8. The predicted octanol–water partition coefficient (Wildman–Crippen LogP) is 3.41. The summed E-state index contributed by atoms with van der Waals surface area (Å²) < 4.78 is 0. The summed E-state index contributed by atoms with van der Waals surface area (Å²) in [5.41, 5.74) is 2.47. The minimum absolute atomic E-state index is 0.00313. The molecule has 4 nitrogen and oxygen atoms in total. The number of para-hydroxylation sites is 1. The second-order valence-corrected chi connectivity index (χ2v) is 5.18. The molecule has 0 aliphatic heterocycles. The lowest BCUT2D eigenvalue weighted by molar-refractivity contribution is -0.118. The molecule has 2 aromatic carbocycles. The van der Waals surface area contributed by atoms with Gasteiger partial charge in [-0.05, 0) is 29.8 Å². The van der Waals surface area contributed by atoms with Crippen LogP contribution in [0.4, 0.5) is 11.4 Å². The standard InChI is InChI=1S/C19H20N2O2/c1-3-13-21(18-7-5-4-6-8-18)19(23)14-16-9-11-17(12-10-16)20-15(2)22/h3-12H,1,13-14H2,2H3,(H,20,22). The molecule has 118 valence electrons. The van der Waals surface area contributed by atoms with Crippen molar-refractivity contribution in [2.75, 3.05) is 16.8 Å². The van der Waals surface area contributed by atoms with Gasteiger partial charge < -0.3 is 10.2 Å². The number of nitrogens with zero attached hydrogens (tertiary/aromatic N) is 1. The van der Waals surface area contributed by atoms with Gasteiger partial charge in [-0.25, -0.2) is 0 Å². The van der Waals surface area contributed by atoms with Crippen molar-refractivity contribution in [1.82, 2.24) is 0 Å². The number of carbonyl (C=O) groups is 2. The maximum atomic E-state index is 12.6. The van der Waals surface area contributed by atoms with Crippen molar-refractivity contribution in [3.05, 3.63) is 72.8 Å². The Morgan fingerprint density at radius 2 is 1.74 bits per heavy atom. The topological polar surface area (TPSA) is 49.4 Å². The van der Waals surface area contributed by atoms with Crippen LogP contribution in [0.25, 0.3) is 0 Å². The highest BCUT2D eigenvalue weighted by atomic mass is 16.2. The van der Waals surface area contributed by atoms with Crippen molar-refractivity contribution in [3.8, 4) is 0 Å². The van der Waals surface area contributed by atoms with Crippen LogP contribution in [0, 0.1) is 0 Å². The van der Waals surface area contributed by atoms with Crippen LogP contribution in [0.3, 0.4) is 0 Å². The van der Waals surface area contributed by atoms with E-state index >= 15 is 0 Å². The normalized spacial score (nSPS) is 9.96. The number of hydrogen-bond donors (Lipinski definition) is 1. The van der Waals surface area contributed by atoms with E-state index in [1.54, 1.807) is 23.1 Å². The molecule has 0 aliphatic rings. The Kier molecular flexibility index (Phi) is 5.69. The van der Waals surface area contributed by atoms with Gasteiger partial charge in [-0.2, -0.15) is 0 Å². The fourth-order valence-corrected chi connectivity index (χ4v) is 2.27. The summed E-state index contributed by atoms with van der Waals surface area (Å²) in [6.07, 6.45) is 2.01. The Bertz CT molecular complexity index is 678. The fraction of sp³-hybridized carbons (Fsp3) is 0.158. The van der Waals surface area contributed by atoms with Crippen LogP contribution in [0.2, 0.25) is 0 Å². The van der Waals surface area contributed by atoms with E-state index in [0.29, 0.717) is 13.0 Å². The van der Waals surface area contributed by atoms with Crippen LogP contribution in [0.1, 0.15) is 12.5 Å². The number of amides is 2. The fourth-order valence-electron chi connectivity index (χ4n) is 2.27. The first-order valence-corrected chi connectivity index (χ1v) is 7.43. The Balaban J connectivity index is 2.09. The molecule has 23 heavy (non-hydrogen) atoms. The smallest absolute Gasteiger partial charge is 0.231 e. The number of hydrogen-bond acceptors (Lipinski definition) is 2. The van der Waals surface area contributed by atoms with Gasteiger partial charge in [0.05, 0.1) is 6.42 Å². The van der Waals surface area contributed by atoms with Crippen molar-refractivity contribution in [1.29, 1.82) is 0 Å². The molecule has 0 saturated heterocycles. The summed E-state index contributed by atoms with van der Waals surface area (Å²) in [4.78, 5) is 25.3. The van der Waals surface area contributed by atoms with Gasteiger partial charge in [0.15, 0.2) is 0 Å². The van der Waals surface area contributed by atoms with Crippen molar-refractivity contribution in [3.63, 3.8) is 0 Å². The van der Waals surface area contributed by atoms with Crippen LogP contribution in [0.15, 0.2) is 67.3 Å².